The SMILES string of the molecule is COc1ccc(OC)c(C(=S)N(C)Nc2ccc(NN(C)C(=S)c3cc(OC)ccc3OC)o2)c1. The van der Waals surface area contributed by atoms with E-state index in [2.05, 4.69) is 10.9 Å². The molecule has 0 fully saturated rings. The first-order chi connectivity index (χ1) is 16.8. The first kappa shape index (κ1) is 25.9. The Kier molecular flexibility index (Phi) is 8.61. The van der Waals surface area contributed by atoms with Crippen molar-refractivity contribution in [3.63, 3.8) is 0 Å². The Morgan fingerprint density at radius 1 is 0.657 bits per heavy atom. The smallest absolute Gasteiger partial charge is 0.214 e. The van der Waals surface area contributed by atoms with Crippen LogP contribution in [-0.2, 0) is 0 Å². The summed E-state index contributed by atoms with van der Waals surface area (Å²) in [5.74, 6) is 3.55. The van der Waals surface area contributed by atoms with E-state index in [1.165, 1.54) is 0 Å². The van der Waals surface area contributed by atoms with E-state index in [1.807, 2.05) is 24.3 Å². The van der Waals surface area contributed by atoms with E-state index < -0.39 is 0 Å². The van der Waals surface area contributed by atoms with Crippen LogP contribution in [0.25, 0.3) is 0 Å². The third-order valence-corrected chi connectivity index (χ3v) is 6.03. The number of rotatable bonds is 10. The van der Waals surface area contributed by atoms with Crippen molar-refractivity contribution in [3.05, 3.63) is 59.7 Å². The van der Waals surface area contributed by atoms with E-state index in [1.54, 1.807) is 76.8 Å². The fourth-order valence-corrected chi connectivity index (χ4v) is 3.62. The van der Waals surface area contributed by atoms with E-state index in [9.17, 15) is 0 Å². The third-order valence-electron chi connectivity index (χ3n) is 5.05. The Labute approximate surface area is 215 Å². The largest absolute Gasteiger partial charge is 0.497 e. The molecular formula is C24H28N4O5S2. The number of anilines is 2. The molecule has 3 aromatic rings. The molecule has 35 heavy (non-hydrogen) atoms. The van der Waals surface area contributed by atoms with Gasteiger partial charge >= 0.3 is 0 Å². The highest BCUT2D eigenvalue weighted by Crippen LogP contribution is 2.28. The lowest BCUT2D eigenvalue weighted by molar-refractivity contribution is 0.401. The van der Waals surface area contributed by atoms with E-state index in [4.69, 9.17) is 47.8 Å². The zero-order valence-corrected chi connectivity index (χ0v) is 22.0. The van der Waals surface area contributed by atoms with Crippen LogP contribution in [0.1, 0.15) is 11.1 Å². The first-order valence-electron chi connectivity index (χ1n) is 10.4. The van der Waals surface area contributed by atoms with Gasteiger partial charge in [-0.25, -0.2) is 0 Å². The van der Waals surface area contributed by atoms with Gasteiger partial charge in [0.1, 0.15) is 33.0 Å². The lowest BCUT2D eigenvalue weighted by Crippen LogP contribution is -2.32. The van der Waals surface area contributed by atoms with Crippen LogP contribution in [0.5, 0.6) is 23.0 Å². The molecule has 0 bridgehead atoms. The van der Waals surface area contributed by atoms with Gasteiger partial charge in [0.25, 0.3) is 0 Å². The normalized spacial score (nSPS) is 10.2. The Balaban J connectivity index is 1.69. The molecule has 9 nitrogen and oxygen atoms in total. The standard InChI is InChI=1S/C24H28N4O5S2/c1-27(23(34)17-13-15(29-3)7-9-19(17)31-5)25-21-11-12-22(33-21)26-28(2)24(35)18-14-16(30-4)8-10-20(18)32-6/h7-14,25-26H,1-6H3. The minimum Gasteiger partial charge on any atom is -0.497 e. The van der Waals surface area contributed by atoms with Crippen molar-refractivity contribution in [2.45, 2.75) is 0 Å². The highest BCUT2D eigenvalue weighted by Gasteiger charge is 2.17. The molecule has 0 aliphatic rings. The van der Waals surface area contributed by atoms with Gasteiger partial charge in [0, 0.05) is 26.2 Å². The van der Waals surface area contributed by atoms with Crippen molar-refractivity contribution in [2.24, 2.45) is 0 Å². The molecule has 186 valence electrons. The molecule has 11 heteroatoms. The predicted molar refractivity (Wildman–Crippen MR) is 144 cm³/mol. The van der Waals surface area contributed by atoms with Crippen molar-refractivity contribution >= 4 is 46.2 Å². The summed E-state index contributed by atoms with van der Waals surface area (Å²) in [5.41, 5.74) is 7.65. The zero-order chi connectivity index (χ0) is 25.5. The van der Waals surface area contributed by atoms with Gasteiger partial charge in [-0.2, -0.15) is 0 Å². The predicted octanol–water partition coefficient (Wildman–Crippen LogP) is 4.58. The number of thiocarbonyl (C=S) groups is 2. The Bertz CT molecular complexity index is 1110. The molecule has 0 saturated carbocycles. The maximum absolute atomic E-state index is 5.86. The highest BCUT2D eigenvalue weighted by molar-refractivity contribution is 7.81. The number of ether oxygens (including phenoxy) is 4. The summed E-state index contributed by atoms with van der Waals surface area (Å²) in [5, 5.41) is 3.31. The molecular weight excluding hydrogens is 488 g/mol. The second kappa shape index (κ2) is 11.6. The van der Waals surface area contributed by atoms with Crippen LogP contribution in [0, 0.1) is 0 Å². The molecule has 0 aliphatic carbocycles. The summed E-state index contributed by atoms with van der Waals surface area (Å²) in [4.78, 5) is 0.991. The van der Waals surface area contributed by atoms with Crippen molar-refractivity contribution in [2.75, 3.05) is 53.4 Å². The summed E-state index contributed by atoms with van der Waals surface area (Å²) in [6.45, 7) is 0. The van der Waals surface area contributed by atoms with Crippen molar-refractivity contribution in [1.82, 2.24) is 10.0 Å². The topological polar surface area (TPSA) is 80.6 Å². The molecule has 0 unspecified atom stereocenters. The molecule has 2 N–H and O–H groups in total. The highest BCUT2D eigenvalue weighted by atomic mass is 32.1. The number of hydrazine groups is 2. The van der Waals surface area contributed by atoms with Gasteiger partial charge in [-0.15, -0.1) is 0 Å². The Morgan fingerprint density at radius 3 is 1.40 bits per heavy atom. The second-order valence-corrected chi connectivity index (χ2v) is 8.02. The lowest BCUT2D eigenvalue weighted by atomic mass is 10.2. The minimum absolute atomic E-state index is 0.470. The number of hydrogen-bond acceptors (Lipinski definition) is 9. The molecule has 0 aliphatic heterocycles. The van der Waals surface area contributed by atoms with E-state index in [0.29, 0.717) is 55.9 Å². The number of nitrogens with zero attached hydrogens (tertiary/aromatic N) is 2. The average molecular weight is 517 g/mol. The van der Waals surface area contributed by atoms with Gasteiger partial charge in [0.2, 0.25) is 11.8 Å². The van der Waals surface area contributed by atoms with Crippen LogP contribution in [-0.4, -0.2) is 62.5 Å². The van der Waals surface area contributed by atoms with Crippen LogP contribution < -0.4 is 29.8 Å². The Morgan fingerprint density at radius 2 is 1.06 bits per heavy atom. The number of benzene rings is 2. The summed E-state index contributed by atoms with van der Waals surface area (Å²) in [6, 6.07) is 14.4. The molecule has 0 amide bonds. The second-order valence-electron chi connectivity index (χ2n) is 7.25. The van der Waals surface area contributed by atoms with Gasteiger partial charge in [-0.3, -0.25) is 20.9 Å². The van der Waals surface area contributed by atoms with Crippen molar-refractivity contribution in [1.29, 1.82) is 0 Å². The van der Waals surface area contributed by atoms with Gasteiger partial charge in [0.05, 0.1) is 39.6 Å². The molecule has 0 spiro atoms. The summed E-state index contributed by atoms with van der Waals surface area (Å²) >= 11 is 11.3. The molecule has 3 rings (SSSR count). The van der Waals surface area contributed by atoms with Crippen LogP contribution >= 0.6 is 24.4 Å². The molecule has 0 radical (unpaired) electrons. The van der Waals surface area contributed by atoms with E-state index in [-0.39, 0.29) is 0 Å². The molecule has 0 saturated heterocycles. The van der Waals surface area contributed by atoms with Gasteiger partial charge < -0.3 is 23.4 Å². The molecule has 1 heterocycles. The minimum atomic E-state index is 0.470. The fourth-order valence-electron chi connectivity index (χ4n) is 3.21. The van der Waals surface area contributed by atoms with Gasteiger partial charge in [-0.05, 0) is 36.4 Å². The summed E-state index contributed by atoms with van der Waals surface area (Å²) in [7, 11) is 9.95. The Hall–Kier alpha value is -3.70. The van der Waals surface area contributed by atoms with Crippen LogP contribution in [0.3, 0.4) is 0 Å². The zero-order valence-electron chi connectivity index (χ0n) is 20.4. The molecule has 2 aromatic carbocycles. The molecule has 1 aromatic heterocycles. The van der Waals surface area contributed by atoms with E-state index in [0.717, 1.165) is 0 Å². The van der Waals surface area contributed by atoms with Crippen LogP contribution in [0.4, 0.5) is 11.8 Å². The maximum atomic E-state index is 5.86. The lowest BCUT2D eigenvalue weighted by Gasteiger charge is -2.23. The van der Waals surface area contributed by atoms with Crippen molar-refractivity contribution in [3.8, 4) is 23.0 Å². The average Bonchev–Trinajstić information content (AvgIpc) is 3.32. The van der Waals surface area contributed by atoms with Crippen LogP contribution in [0.2, 0.25) is 0 Å². The summed E-state index contributed by atoms with van der Waals surface area (Å²) < 4.78 is 27.4. The number of hydrogen-bond donors (Lipinski definition) is 2. The molecule has 0 atom stereocenters. The van der Waals surface area contributed by atoms with Crippen molar-refractivity contribution < 1.29 is 23.4 Å². The number of furan rings is 1. The monoisotopic (exact) mass is 516 g/mol. The number of methoxy groups -OCH3 is 4. The third kappa shape index (κ3) is 6.06. The fraction of sp³-hybridized carbons (Fsp3) is 0.250. The van der Waals surface area contributed by atoms with E-state index >= 15 is 0 Å². The summed E-state index contributed by atoms with van der Waals surface area (Å²) in [6.07, 6.45) is 0. The van der Waals surface area contributed by atoms with Crippen LogP contribution in [0.15, 0.2) is 52.9 Å². The first-order valence-corrected chi connectivity index (χ1v) is 11.3. The quantitative estimate of drug-likeness (QED) is 0.293. The van der Waals surface area contributed by atoms with Gasteiger partial charge in [-0.1, -0.05) is 24.4 Å². The van der Waals surface area contributed by atoms with Gasteiger partial charge in [0.15, 0.2) is 0 Å². The number of nitrogens with one attached hydrogen (secondary N) is 2. The maximum Gasteiger partial charge on any atom is 0.214 e.